The number of ether oxygens (including phenoxy) is 3. The van der Waals surface area contributed by atoms with E-state index < -0.39 is 6.10 Å². The highest BCUT2D eigenvalue weighted by atomic mass is 16.6. The lowest BCUT2D eigenvalue weighted by molar-refractivity contribution is -0.167. The van der Waals surface area contributed by atoms with Gasteiger partial charge >= 0.3 is 17.9 Å². The van der Waals surface area contributed by atoms with E-state index in [9.17, 15) is 14.4 Å². The second kappa shape index (κ2) is 44.6. The first kappa shape index (κ1) is 52.9. The quantitative estimate of drug-likeness (QED) is 0.0203. The maximum absolute atomic E-state index is 12.7. The van der Waals surface area contributed by atoms with Gasteiger partial charge in [-0.2, -0.15) is 0 Å². The highest BCUT2D eigenvalue weighted by Crippen LogP contribution is 2.14. The molecular weight excluding hydrogens is 697 g/mol. The zero-order chi connectivity index (χ0) is 40.8. The summed E-state index contributed by atoms with van der Waals surface area (Å²) < 4.78 is 16.6. The summed E-state index contributed by atoms with van der Waals surface area (Å²) in [6.07, 6.45) is 54.7. The van der Waals surface area contributed by atoms with E-state index in [0.29, 0.717) is 19.3 Å². The van der Waals surface area contributed by atoms with Crippen molar-refractivity contribution in [2.75, 3.05) is 13.2 Å². The predicted molar refractivity (Wildman–Crippen MR) is 238 cm³/mol. The summed E-state index contributed by atoms with van der Waals surface area (Å²) in [5.74, 6) is -0.999. The van der Waals surface area contributed by atoms with Gasteiger partial charge in [-0.25, -0.2) is 0 Å². The van der Waals surface area contributed by atoms with Crippen LogP contribution < -0.4 is 0 Å². The first-order valence-electron chi connectivity index (χ1n) is 23.0. The van der Waals surface area contributed by atoms with E-state index in [4.69, 9.17) is 14.2 Å². The molecule has 0 aliphatic heterocycles. The number of hydrogen-bond acceptors (Lipinski definition) is 6. The Morgan fingerprint density at radius 1 is 0.375 bits per heavy atom. The summed E-state index contributed by atoms with van der Waals surface area (Å²) in [6.45, 7) is 6.36. The second-order valence-corrected chi connectivity index (χ2v) is 15.1. The standard InChI is InChI=1S/C50H84O6/c1-4-7-10-13-16-19-22-24-25-27-28-31-34-37-40-43-49(52)55-46-47(45-54-48(51)42-39-36-33-30-21-18-15-12-9-6-3)56-50(53)44-41-38-35-32-29-26-23-20-17-14-11-8-5-2/h8,11,14-15,17-18,20,23,26,29,32,35,47H,4-7,9-10,12-13,16,19,21-22,24-25,27-28,30-31,33-34,36-46H2,1-3H3/b11-8-,17-14-,18-15-,23-20-,29-26-,35-32-. The van der Waals surface area contributed by atoms with Gasteiger partial charge in [0.1, 0.15) is 13.2 Å². The van der Waals surface area contributed by atoms with Crippen molar-refractivity contribution in [2.24, 2.45) is 0 Å². The molecular formula is C50H84O6. The molecule has 6 heteroatoms. The molecule has 0 aliphatic rings. The van der Waals surface area contributed by atoms with Crippen LogP contribution in [0.15, 0.2) is 72.9 Å². The van der Waals surface area contributed by atoms with Crippen LogP contribution in [0.2, 0.25) is 0 Å². The summed E-state index contributed by atoms with van der Waals surface area (Å²) >= 11 is 0. The summed E-state index contributed by atoms with van der Waals surface area (Å²) in [7, 11) is 0. The van der Waals surface area contributed by atoms with Crippen LogP contribution in [0.5, 0.6) is 0 Å². The molecule has 0 aliphatic carbocycles. The predicted octanol–water partition coefficient (Wildman–Crippen LogP) is 14.7. The summed E-state index contributed by atoms with van der Waals surface area (Å²) in [5.41, 5.74) is 0. The van der Waals surface area contributed by atoms with Crippen molar-refractivity contribution in [3.63, 3.8) is 0 Å². The molecule has 320 valence electrons. The first-order chi connectivity index (χ1) is 27.5. The van der Waals surface area contributed by atoms with Crippen LogP contribution in [-0.2, 0) is 28.6 Å². The van der Waals surface area contributed by atoms with Gasteiger partial charge in [0.05, 0.1) is 0 Å². The van der Waals surface area contributed by atoms with Crippen molar-refractivity contribution in [1.29, 1.82) is 0 Å². The molecule has 0 aromatic rings. The molecule has 0 saturated carbocycles. The molecule has 0 fully saturated rings. The van der Waals surface area contributed by atoms with E-state index in [1.807, 2.05) is 54.7 Å². The van der Waals surface area contributed by atoms with Gasteiger partial charge in [0.15, 0.2) is 6.10 Å². The average molecular weight is 781 g/mol. The SMILES string of the molecule is CC\C=C/C=C\C=C/C=C\C=C/CCCC(=O)OC(COC(=O)CCCCCC/C=C\CCCC)COC(=O)CCCCCCCCCCCCCCCCC. The zero-order valence-electron chi connectivity index (χ0n) is 36.4. The Labute approximate surface area is 344 Å². The Hall–Kier alpha value is -3.15. The fourth-order valence-corrected chi connectivity index (χ4v) is 6.10. The van der Waals surface area contributed by atoms with Crippen molar-refractivity contribution in [1.82, 2.24) is 0 Å². The van der Waals surface area contributed by atoms with E-state index in [0.717, 1.165) is 70.6 Å². The van der Waals surface area contributed by atoms with E-state index >= 15 is 0 Å². The number of unbranched alkanes of at least 4 members (excludes halogenated alkanes) is 21. The highest BCUT2D eigenvalue weighted by Gasteiger charge is 2.19. The Kier molecular flexibility index (Phi) is 42.1. The monoisotopic (exact) mass is 781 g/mol. The molecule has 0 aromatic heterocycles. The van der Waals surface area contributed by atoms with Gasteiger partial charge in [0.25, 0.3) is 0 Å². The average Bonchev–Trinajstić information content (AvgIpc) is 3.19. The van der Waals surface area contributed by atoms with Crippen molar-refractivity contribution >= 4 is 17.9 Å². The topological polar surface area (TPSA) is 78.9 Å². The van der Waals surface area contributed by atoms with Gasteiger partial charge in [-0.3, -0.25) is 14.4 Å². The third-order valence-corrected chi connectivity index (χ3v) is 9.57. The van der Waals surface area contributed by atoms with Gasteiger partial charge in [-0.15, -0.1) is 0 Å². The van der Waals surface area contributed by atoms with Crippen LogP contribution in [0, 0.1) is 0 Å². The minimum atomic E-state index is -0.812. The maximum atomic E-state index is 12.7. The third kappa shape index (κ3) is 42.0. The number of carbonyl (C=O) groups excluding carboxylic acids is 3. The molecule has 0 bridgehead atoms. The van der Waals surface area contributed by atoms with E-state index in [2.05, 4.69) is 39.0 Å². The normalized spacial score (nSPS) is 12.7. The zero-order valence-corrected chi connectivity index (χ0v) is 36.4. The highest BCUT2D eigenvalue weighted by molar-refractivity contribution is 5.71. The number of esters is 3. The molecule has 0 amide bonds. The summed E-state index contributed by atoms with van der Waals surface area (Å²) in [5, 5.41) is 0. The Morgan fingerprint density at radius 3 is 1.23 bits per heavy atom. The van der Waals surface area contributed by atoms with E-state index in [1.165, 1.54) is 89.9 Å². The lowest BCUT2D eigenvalue weighted by Crippen LogP contribution is -2.30. The lowest BCUT2D eigenvalue weighted by atomic mass is 10.0. The maximum Gasteiger partial charge on any atom is 0.306 e. The Balaban J connectivity index is 4.47. The Bertz CT molecular complexity index is 1080. The van der Waals surface area contributed by atoms with Crippen LogP contribution in [0.3, 0.4) is 0 Å². The largest absolute Gasteiger partial charge is 0.462 e. The smallest absolute Gasteiger partial charge is 0.306 e. The van der Waals surface area contributed by atoms with Crippen molar-refractivity contribution < 1.29 is 28.6 Å². The summed E-state index contributed by atoms with van der Waals surface area (Å²) in [6, 6.07) is 0. The number of allylic oxidation sites excluding steroid dienone is 12. The number of rotatable bonds is 40. The molecule has 6 nitrogen and oxygen atoms in total. The van der Waals surface area contributed by atoms with Gasteiger partial charge in [0.2, 0.25) is 0 Å². The molecule has 0 saturated heterocycles. The van der Waals surface area contributed by atoms with Crippen molar-refractivity contribution in [3.05, 3.63) is 72.9 Å². The van der Waals surface area contributed by atoms with Crippen LogP contribution in [-0.4, -0.2) is 37.2 Å². The number of carbonyl (C=O) groups is 3. The third-order valence-electron chi connectivity index (χ3n) is 9.57. The van der Waals surface area contributed by atoms with E-state index in [-0.39, 0.29) is 37.5 Å². The lowest BCUT2D eigenvalue weighted by Gasteiger charge is -2.18. The van der Waals surface area contributed by atoms with Crippen LogP contribution in [0.25, 0.3) is 0 Å². The van der Waals surface area contributed by atoms with Crippen molar-refractivity contribution in [2.45, 2.75) is 213 Å². The Morgan fingerprint density at radius 2 is 0.750 bits per heavy atom. The molecule has 56 heavy (non-hydrogen) atoms. The van der Waals surface area contributed by atoms with Crippen LogP contribution in [0.1, 0.15) is 207 Å². The van der Waals surface area contributed by atoms with Gasteiger partial charge in [-0.05, 0) is 51.4 Å². The second-order valence-electron chi connectivity index (χ2n) is 15.1. The molecule has 1 unspecified atom stereocenters. The molecule has 0 heterocycles. The molecule has 0 aromatic carbocycles. The van der Waals surface area contributed by atoms with Gasteiger partial charge in [-0.1, -0.05) is 209 Å². The summed E-state index contributed by atoms with van der Waals surface area (Å²) in [4.78, 5) is 37.7. The molecule has 0 radical (unpaired) electrons. The molecule has 0 N–H and O–H groups in total. The molecule has 1 atom stereocenters. The molecule has 0 rings (SSSR count). The van der Waals surface area contributed by atoms with Crippen molar-refractivity contribution in [3.8, 4) is 0 Å². The minimum absolute atomic E-state index is 0.106. The van der Waals surface area contributed by atoms with Crippen LogP contribution >= 0.6 is 0 Å². The first-order valence-corrected chi connectivity index (χ1v) is 23.0. The fourth-order valence-electron chi connectivity index (χ4n) is 6.10. The van der Waals surface area contributed by atoms with Gasteiger partial charge in [0, 0.05) is 19.3 Å². The minimum Gasteiger partial charge on any atom is -0.462 e. The number of hydrogen-bond donors (Lipinski definition) is 0. The molecule has 0 spiro atoms. The fraction of sp³-hybridized carbons (Fsp3) is 0.700. The van der Waals surface area contributed by atoms with Crippen LogP contribution in [0.4, 0.5) is 0 Å². The van der Waals surface area contributed by atoms with E-state index in [1.54, 1.807) is 0 Å². The van der Waals surface area contributed by atoms with Gasteiger partial charge < -0.3 is 14.2 Å².